The van der Waals surface area contributed by atoms with Gasteiger partial charge in [-0.1, -0.05) is 50.0 Å². The van der Waals surface area contributed by atoms with Gasteiger partial charge < -0.3 is 10.6 Å². The van der Waals surface area contributed by atoms with Crippen LogP contribution in [0.3, 0.4) is 0 Å². The number of piperidine rings is 1. The minimum atomic E-state index is -0.485. The van der Waals surface area contributed by atoms with E-state index >= 15 is 0 Å². The van der Waals surface area contributed by atoms with Crippen molar-refractivity contribution in [3.05, 3.63) is 112 Å². The molecule has 0 saturated carbocycles. The lowest BCUT2D eigenvalue weighted by atomic mass is 9.93. The number of nitrogens with zero attached hydrogens (tertiary/aromatic N) is 4. The Bertz CT molecular complexity index is 2590. The first-order valence-electron chi connectivity index (χ1n) is 17.5. The number of imide groups is 1. The maximum absolute atomic E-state index is 13.0. The minimum absolute atomic E-state index is 0.0505. The third-order valence-electron chi connectivity index (χ3n) is 9.69. The number of amides is 3. The molecule has 0 aliphatic carbocycles. The number of carbonyl (C=O) groups excluding carboxylic acids is 3. The molecule has 11 nitrogen and oxygen atoms in total. The molecule has 6 aromatic rings. The molecule has 11 heteroatoms. The number of imidazole rings is 1. The molecule has 7 rings (SSSR count). The average Bonchev–Trinajstić information content (AvgIpc) is 3.36. The number of benzene rings is 3. The van der Waals surface area contributed by atoms with Gasteiger partial charge in [0.05, 0.1) is 23.3 Å². The highest BCUT2D eigenvalue weighted by Crippen LogP contribution is 2.35. The zero-order valence-electron chi connectivity index (χ0n) is 30.2. The minimum Gasteiger partial charge on any atom is -0.374 e. The van der Waals surface area contributed by atoms with Crippen LogP contribution in [-0.2, 0) is 23.7 Å². The first-order chi connectivity index (χ1) is 25.5. The number of hydrogen-bond donors (Lipinski definition) is 3. The molecule has 0 radical (unpaired) electrons. The van der Waals surface area contributed by atoms with Crippen LogP contribution in [0, 0.1) is 18.8 Å². The van der Waals surface area contributed by atoms with Gasteiger partial charge in [0.2, 0.25) is 11.8 Å². The molecule has 1 aliphatic heterocycles. The molecule has 3 aromatic heterocycles. The fraction of sp³-hybridized carbons (Fsp3) is 0.238. The molecule has 1 aliphatic rings. The van der Waals surface area contributed by atoms with E-state index in [1.807, 2.05) is 69.7 Å². The van der Waals surface area contributed by atoms with Crippen LogP contribution in [-0.4, -0.2) is 49.4 Å². The predicted molar refractivity (Wildman–Crippen MR) is 206 cm³/mol. The lowest BCUT2D eigenvalue weighted by Gasteiger charge is -2.22. The van der Waals surface area contributed by atoms with Crippen molar-refractivity contribution < 1.29 is 14.4 Å². The van der Waals surface area contributed by atoms with Crippen molar-refractivity contribution in [3.63, 3.8) is 0 Å². The maximum Gasteiger partial charge on any atom is 0.328 e. The summed E-state index contributed by atoms with van der Waals surface area (Å²) in [5.74, 6) is 5.30. The molecule has 4 heterocycles. The summed E-state index contributed by atoms with van der Waals surface area (Å²) in [4.78, 5) is 58.7. The van der Waals surface area contributed by atoms with Crippen LogP contribution in [0.25, 0.3) is 44.2 Å². The van der Waals surface area contributed by atoms with Gasteiger partial charge in [-0.3, -0.25) is 38.8 Å². The Hall–Kier alpha value is -6.54. The Kier molecular flexibility index (Phi) is 9.37. The van der Waals surface area contributed by atoms with Crippen molar-refractivity contribution in [2.24, 2.45) is 14.1 Å². The van der Waals surface area contributed by atoms with Crippen molar-refractivity contribution in [2.75, 3.05) is 11.9 Å². The predicted octanol–water partition coefficient (Wildman–Crippen LogP) is 5.58. The number of rotatable bonds is 7. The molecule has 0 spiro atoms. The van der Waals surface area contributed by atoms with E-state index in [9.17, 15) is 19.2 Å². The van der Waals surface area contributed by atoms with E-state index in [-0.39, 0.29) is 35.9 Å². The van der Waals surface area contributed by atoms with Crippen LogP contribution in [0.5, 0.6) is 0 Å². The first kappa shape index (κ1) is 34.9. The number of hydrogen-bond acceptors (Lipinski definition) is 7. The molecule has 53 heavy (non-hydrogen) atoms. The van der Waals surface area contributed by atoms with Crippen LogP contribution in [0.2, 0.25) is 0 Å². The number of aromatic nitrogens is 4. The molecule has 0 bridgehead atoms. The summed E-state index contributed by atoms with van der Waals surface area (Å²) < 4.78 is 3.42. The molecule has 3 amide bonds. The van der Waals surface area contributed by atoms with Crippen molar-refractivity contribution in [2.45, 2.75) is 45.6 Å². The molecule has 1 saturated heterocycles. The number of pyridine rings is 2. The normalized spacial score (nSPS) is 14.3. The van der Waals surface area contributed by atoms with Crippen LogP contribution in [0.1, 0.15) is 59.8 Å². The number of anilines is 1. The van der Waals surface area contributed by atoms with Gasteiger partial charge in [0.15, 0.2) is 0 Å². The molecular weight excluding hydrogens is 667 g/mol. The second kappa shape index (κ2) is 14.2. The van der Waals surface area contributed by atoms with Crippen molar-refractivity contribution in [3.8, 4) is 34.2 Å². The first-order valence-corrected chi connectivity index (χ1v) is 17.5. The van der Waals surface area contributed by atoms with E-state index in [2.05, 4.69) is 70.9 Å². The Morgan fingerprint density at radius 2 is 1.77 bits per heavy atom. The third-order valence-corrected chi connectivity index (χ3v) is 9.69. The summed E-state index contributed by atoms with van der Waals surface area (Å²) in [7, 11) is 3.63. The number of nitrogens with one attached hydrogen (secondary N) is 3. The SMILES string of the molecule is Cc1cc(-c2cc3cccc(-c4cc(C(C)C)c5c(c4)n(C)c(=O)n5C)c3cn2)cnc1C(=O)NCC#Cc1cccc(N[C@H]2CCC(=O)NC2=O)c1. The van der Waals surface area contributed by atoms with Gasteiger partial charge in [-0.25, -0.2) is 4.79 Å². The molecule has 0 unspecified atom stereocenters. The zero-order valence-corrected chi connectivity index (χ0v) is 30.2. The maximum atomic E-state index is 13.0. The fourth-order valence-corrected chi connectivity index (χ4v) is 6.89. The highest BCUT2D eigenvalue weighted by molar-refractivity contribution is 6.02. The van der Waals surface area contributed by atoms with E-state index < -0.39 is 6.04 Å². The average molecular weight is 706 g/mol. The molecule has 266 valence electrons. The van der Waals surface area contributed by atoms with Crippen LogP contribution >= 0.6 is 0 Å². The largest absolute Gasteiger partial charge is 0.374 e. The van der Waals surface area contributed by atoms with Gasteiger partial charge in [-0.2, -0.15) is 0 Å². The van der Waals surface area contributed by atoms with E-state index in [1.54, 1.807) is 15.3 Å². The smallest absolute Gasteiger partial charge is 0.328 e. The van der Waals surface area contributed by atoms with Crippen molar-refractivity contribution in [1.82, 2.24) is 29.7 Å². The van der Waals surface area contributed by atoms with E-state index in [4.69, 9.17) is 4.98 Å². The fourth-order valence-electron chi connectivity index (χ4n) is 6.89. The van der Waals surface area contributed by atoms with Gasteiger partial charge in [0.1, 0.15) is 11.7 Å². The number of aryl methyl sites for hydroxylation is 3. The van der Waals surface area contributed by atoms with Gasteiger partial charge in [-0.05, 0) is 89.4 Å². The molecule has 3 N–H and O–H groups in total. The highest BCUT2D eigenvalue weighted by atomic mass is 16.2. The summed E-state index contributed by atoms with van der Waals surface area (Å²) in [6.07, 6.45) is 4.25. The number of carbonyl (C=O) groups is 3. The monoisotopic (exact) mass is 705 g/mol. The number of fused-ring (bicyclic) bond motifs is 2. The molecule has 1 fully saturated rings. The summed E-state index contributed by atoms with van der Waals surface area (Å²) >= 11 is 0. The van der Waals surface area contributed by atoms with Gasteiger partial charge in [0, 0.05) is 55.1 Å². The van der Waals surface area contributed by atoms with Crippen LogP contribution < -0.4 is 21.6 Å². The third kappa shape index (κ3) is 6.91. The van der Waals surface area contributed by atoms with E-state index in [0.717, 1.165) is 61.0 Å². The lowest BCUT2D eigenvalue weighted by molar-refractivity contribution is -0.133. The van der Waals surface area contributed by atoms with Crippen LogP contribution in [0.4, 0.5) is 5.69 Å². The Morgan fingerprint density at radius 3 is 2.55 bits per heavy atom. The van der Waals surface area contributed by atoms with Crippen molar-refractivity contribution in [1.29, 1.82) is 0 Å². The van der Waals surface area contributed by atoms with E-state index in [0.29, 0.717) is 24.1 Å². The van der Waals surface area contributed by atoms with Crippen LogP contribution in [0.15, 0.2) is 83.9 Å². The molecule has 3 aromatic carbocycles. The summed E-state index contributed by atoms with van der Waals surface area (Å²) in [6.45, 7) is 6.24. The zero-order chi connectivity index (χ0) is 37.4. The topological polar surface area (TPSA) is 140 Å². The van der Waals surface area contributed by atoms with Gasteiger partial charge in [-0.15, -0.1) is 0 Å². The molecular formula is C42H39N7O4. The van der Waals surface area contributed by atoms with Gasteiger partial charge in [0.25, 0.3) is 5.91 Å². The quantitative estimate of drug-likeness (QED) is 0.146. The Balaban J connectivity index is 1.06. The summed E-state index contributed by atoms with van der Waals surface area (Å²) in [5.41, 5.74) is 8.94. The highest BCUT2D eigenvalue weighted by Gasteiger charge is 2.26. The Labute approximate surface area is 306 Å². The van der Waals surface area contributed by atoms with Gasteiger partial charge >= 0.3 is 5.69 Å². The van der Waals surface area contributed by atoms with E-state index in [1.165, 1.54) is 0 Å². The standard InChI is InChI=1S/C42H39N7O4/c1-24(2)32-19-28(21-36-39(32)49(5)42(53)48(36)4)31-13-7-11-27-20-35(44-23-33(27)31)29-17-25(3)38(45-22-29)41(52)43-16-8-10-26-9-6-12-30(18-26)46-34-14-15-37(50)47-40(34)51/h6-7,9,11-13,17-24,34,46H,14-16H2,1-5H3,(H,43,52)(H,47,50,51)/t34-/m0/s1. The van der Waals surface area contributed by atoms with Crippen molar-refractivity contribution >= 4 is 45.2 Å². The summed E-state index contributed by atoms with van der Waals surface area (Å²) in [5, 5.41) is 10.3. The second-order valence-corrected chi connectivity index (χ2v) is 13.7. The molecule has 1 atom stereocenters. The Morgan fingerprint density at radius 1 is 0.962 bits per heavy atom. The lowest BCUT2D eigenvalue weighted by Crippen LogP contribution is -2.47. The second-order valence-electron chi connectivity index (χ2n) is 13.7. The summed E-state index contributed by atoms with van der Waals surface area (Å²) in [6, 6.07) is 21.2.